The van der Waals surface area contributed by atoms with E-state index < -0.39 is 5.41 Å². The fourth-order valence-corrected chi connectivity index (χ4v) is 15.0. The number of rotatable bonds is 7. The Labute approximate surface area is 463 Å². The van der Waals surface area contributed by atoms with Gasteiger partial charge in [-0.1, -0.05) is 256 Å². The lowest BCUT2D eigenvalue weighted by molar-refractivity contribution is 0.550. The van der Waals surface area contributed by atoms with Crippen molar-refractivity contribution in [3.05, 3.63) is 280 Å². The van der Waals surface area contributed by atoms with Crippen LogP contribution in [0.5, 0.6) is 0 Å². The number of anilines is 3. The van der Waals surface area contributed by atoms with E-state index in [0.29, 0.717) is 0 Å². The first-order valence-corrected chi connectivity index (χ1v) is 28.6. The van der Waals surface area contributed by atoms with Crippen LogP contribution in [-0.4, -0.2) is 0 Å². The van der Waals surface area contributed by atoms with Gasteiger partial charge < -0.3 is 4.90 Å². The number of nitrogens with zero attached hydrogens (tertiary/aromatic N) is 1. The first-order valence-electron chi connectivity index (χ1n) is 28.6. The summed E-state index contributed by atoms with van der Waals surface area (Å²) in [7, 11) is 0. The normalized spacial score (nSPS) is 15.8. The Hall–Kier alpha value is -8.00. The van der Waals surface area contributed by atoms with Gasteiger partial charge in [-0.05, 0) is 171 Å². The van der Waals surface area contributed by atoms with Gasteiger partial charge in [0, 0.05) is 27.9 Å². The average Bonchev–Trinajstić information content (AvgIpc) is 4.33. The summed E-state index contributed by atoms with van der Waals surface area (Å²) in [4.78, 5) is 2.56. The van der Waals surface area contributed by atoms with Gasteiger partial charge in [0.05, 0.1) is 5.41 Å². The minimum Gasteiger partial charge on any atom is -0.310 e. The lowest BCUT2D eigenvalue weighted by Gasteiger charge is -2.36. The molecule has 14 rings (SSSR count). The van der Waals surface area contributed by atoms with Gasteiger partial charge in [0.1, 0.15) is 0 Å². The summed E-state index contributed by atoms with van der Waals surface area (Å²) in [6.45, 7) is 18.7. The van der Waals surface area contributed by atoms with Crippen LogP contribution >= 0.6 is 0 Å². The van der Waals surface area contributed by atoms with Gasteiger partial charge in [0.2, 0.25) is 0 Å². The van der Waals surface area contributed by atoms with E-state index in [-0.39, 0.29) is 21.7 Å². The van der Waals surface area contributed by atoms with Crippen LogP contribution < -0.4 is 4.90 Å². The van der Waals surface area contributed by atoms with Crippen molar-refractivity contribution in [2.24, 2.45) is 0 Å². The Balaban J connectivity index is 0.967. The fraction of sp³-hybridized carbons (Fsp3) is 0.221. The standard InChI is InChI=1S/C77H69N/c1-73(2,3)51-32-36-53(37-33-51)77(54-38-34-52(35-39-54)74(4,5)6)69-29-16-13-23-61(69)64-45-43-57(49-71(64)77)78(56-42-44-63-60-22-12-15-28-68(60)76(70(63)48-56)46-17-18-47-76)55-40-30-50(31-41-55)58-20-9-10-21-59(58)65-25-19-26-66-62-24-11-14-27-67(62)75(7,8)72(65)66/h9-16,19-45,48-49H,17-18,46-47H2,1-8H3. The molecule has 0 atom stereocenters. The lowest BCUT2D eigenvalue weighted by Crippen LogP contribution is -2.29. The Morgan fingerprint density at radius 3 is 1.31 bits per heavy atom. The predicted octanol–water partition coefficient (Wildman–Crippen LogP) is 20.6. The highest BCUT2D eigenvalue weighted by Gasteiger charge is 2.48. The van der Waals surface area contributed by atoms with Crippen molar-refractivity contribution in [2.45, 2.75) is 108 Å². The van der Waals surface area contributed by atoms with Gasteiger partial charge in [-0.25, -0.2) is 0 Å². The second-order valence-corrected chi connectivity index (χ2v) is 25.6. The summed E-state index contributed by atoms with van der Waals surface area (Å²) < 4.78 is 0. The number of hydrogen-bond donors (Lipinski definition) is 0. The van der Waals surface area contributed by atoms with E-state index in [0.717, 1.165) is 11.4 Å². The molecular weight excluding hydrogens is 939 g/mol. The molecule has 1 fully saturated rings. The third-order valence-corrected chi connectivity index (χ3v) is 18.9. The lowest BCUT2D eigenvalue weighted by atomic mass is 9.67. The van der Waals surface area contributed by atoms with Gasteiger partial charge in [0.15, 0.2) is 0 Å². The third kappa shape index (κ3) is 7.12. The quantitative estimate of drug-likeness (QED) is 0.154. The van der Waals surface area contributed by atoms with Gasteiger partial charge in [0.25, 0.3) is 0 Å². The zero-order chi connectivity index (χ0) is 53.3. The fourth-order valence-electron chi connectivity index (χ4n) is 15.0. The molecule has 4 aliphatic carbocycles. The monoisotopic (exact) mass is 1010 g/mol. The molecule has 1 heteroatoms. The molecule has 4 aliphatic rings. The topological polar surface area (TPSA) is 3.24 Å². The molecule has 0 N–H and O–H groups in total. The molecule has 10 aromatic rings. The average molecular weight is 1010 g/mol. The van der Waals surface area contributed by atoms with Crippen molar-refractivity contribution in [3.8, 4) is 55.6 Å². The van der Waals surface area contributed by atoms with Crippen LogP contribution in [0.15, 0.2) is 224 Å². The summed E-state index contributed by atoms with van der Waals surface area (Å²) in [6.07, 6.45) is 4.87. The SMILES string of the molecule is CC(C)(C)c1ccc(C2(c3ccc(C(C)(C)C)cc3)c3ccccc3-c3ccc(N(c4ccc(-c5ccccc5-c5cccc6c5C(C)(C)c5ccccc5-6)cc4)c4ccc5c(c4)C4(CCCC4)c4ccccc4-5)cc32)cc1. The van der Waals surface area contributed by atoms with E-state index in [1.54, 1.807) is 0 Å². The summed E-state index contributed by atoms with van der Waals surface area (Å²) in [6, 6.07) is 86.9. The van der Waals surface area contributed by atoms with E-state index in [1.165, 1.54) is 143 Å². The minimum atomic E-state index is -0.574. The summed E-state index contributed by atoms with van der Waals surface area (Å²) in [5.74, 6) is 0. The Bertz CT molecular complexity index is 3940. The maximum atomic E-state index is 2.57. The highest BCUT2D eigenvalue weighted by molar-refractivity contribution is 5.95. The zero-order valence-electron chi connectivity index (χ0n) is 46.6. The highest BCUT2D eigenvalue weighted by atomic mass is 15.1. The Kier molecular flexibility index (Phi) is 10.9. The molecular formula is C77H69N. The smallest absolute Gasteiger partial charge is 0.0714 e. The minimum absolute atomic E-state index is 0.0240. The van der Waals surface area contributed by atoms with Gasteiger partial charge >= 0.3 is 0 Å². The van der Waals surface area contributed by atoms with Gasteiger partial charge in [-0.2, -0.15) is 0 Å². The van der Waals surface area contributed by atoms with Crippen LogP contribution in [0.3, 0.4) is 0 Å². The van der Waals surface area contributed by atoms with Crippen molar-refractivity contribution < 1.29 is 0 Å². The van der Waals surface area contributed by atoms with E-state index in [1.807, 2.05) is 0 Å². The van der Waals surface area contributed by atoms with Crippen LogP contribution in [0.2, 0.25) is 0 Å². The summed E-state index contributed by atoms with van der Waals surface area (Å²) in [5.41, 5.74) is 29.6. The van der Waals surface area contributed by atoms with Crippen LogP contribution in [0.4, 0.5) is 17.1 Å². The molecule has 0 unspecified atom stereocenters. The molecule has 0 radical (unpaired) electrons. The molecule has 382 valence electrons. The molecule has 10 aromatic carbocycles. The second kappa shape index (κ2) is 17.5. The van der Waals surface area contributed by atoms with E-state index in [2.05, 4.69) is 285 Å². The Morgan fingerprint density at radius 2 is 0.744 bits per heavy atom. The van der Waals surface area contributed by atoms with Crippen LogP contribution in [0.1, 0.15) is 137 Å². The number of hydrogen-bond acceptors (Lipinski definition) is 1. The first-order chi connectivity index (χ1) is 37.7. The molecule has 78 heavy (non-hydrogen) atoms. The second-order valence-electron chi connectivity index (χ2n) is 25.6. The van der Waals surface area contributed by atoms with Crippen LogP contribution in [-0.2, 0) is 27.1 Å². The largest absolute Gasteiger partial charge is 0.310 e. The maximum absolute atomic E-state index is 2.57. The van der Waals surface area contributed by atoms with Crippen LogP contribution in [0, 0.1) is 0 Å². The molecule has 0 aliphatic heterocycles. The zero-order valence-corrected chi connectivity index (χ0v) is 46.6. The molecule has 0 saturated heterocycles. The predicted molar refractivity (Wildman–Crippen MR) is 329 cm³/mol. The molecule has 1 saturated carbocycles. The first kappa shape index (κ1) is 48.4. The van der Waals surface area contributed by atoms with Crippen molar-refractivity contribution in [2.75, 3.05) is 4.90 Å². The van der Waals surface area contributed by atoms with E-state index in [4.69, 9.17) is 0 Å². The summed E-state index contributed by atoms with van der Waals surface area (Å²) >= 11 is 0. The van der Waals surface area contributed by atoms with Gasteiger partial charge in [-0.3, -0.25) is 0 Å². The van der Waals surface area contributed by atoms with Crippen molar-refractivity contribution in [1.82, 2.24) is 0 Å². The van der Waals surface area contributed by atoms with E-state index in [9.17, 15) is 0 Å². The molecule has 0 heterocycles. The number of fused-ring (bicyclic) bond motifs is 11. The van der Waals surface area contributed by atoms with E-state index >= 15 is 0 Å². The Morgan fingerprint density at radius 1 is 0.333 bits per heavy atom. The molecule has 0 bridgehead atoms. The van der Waals surface area contributed by atoms with Crippen LogP contribution in [0.25, 0.3) is 55.6 Å². The third-order valence-electron chi connectivity index (χ3n) is 18.9. The maximum Gasteiger partial charge on any atom is 0.0714 e. The number of benzene rings is 10. The van der Waals surface area contributed by atoms with Crippen molar-refractivity contribution in [3.63, 3.8) is 0 Å². The summed E-state index contributed by atoms with van der Waals surface area (Å²) in [5, 5.41) is 0. The van der Waals surface area contributed by atoms with Gasteiger partial charge in [-0.15, -0.1) is 0 Å². The highest BCUT2D eigenvalue weighted by Crippen LogP contribution is 2.60. The van der Waals surface area contributed by atoms with Crippen molar-refractivity contribution in [1.29, 1.82) is 0 Å². The molecule has 1 spiro atoms. The molecule has 0 aromatic heterocycles. The van der Waals surface area contributed by atoms with Crippen molar-refractivity contribution >= 4 is 17.1 Å². The molecule has 1 nitrogen and oxygen atoms in total. The molecule has 0 amide bonds.